The molecular weight excluding hydrogens is 312 g/mol. The largest absolute Gasteiger partial charge is 0.506 e. The number of ether oxygens (including phenoxy) is 1. The first-order valence-electron chi connectivity index (χ1n) is 7.52. The zero-order valence-corrected chi connectivity index (χ0v) is 13.0. The topological polar surface area (TPSA) is 112 Å². The molecule has 0 saturated carbocycles. The third-order valence-corrected chi connectivity index (χ3v) is 3.38. The Hall–Kier alpha value is -2.64. The van der Waals surface area contributed by atoms with Gasteiger partial charge in [0.2, 0.25) is 0 Å². The molecule has 0 aliphatic carbocycles. The van der Waals surface area contributed by atoms with Crippen LogP contribution in [0.3, 0.4) is 0 Å². The average molecular weight is 332 g/mol. The van der Waals surface area contributed by atoms with E-state index < -0.39 is 18.3 Å². The van der Waals surface area contributed by atoms with Gasteiger partial charge in [-0.25, -0.2) is 4.79 Å². The predicted octanol–water partition coefficient (Wildman–Crippen LogP) is 1.50. The van der Waals surface area contributed by atoms with E-state index in [0.29, 0.717) is 0 Å². The molecule has 0 radical (unpaired) electrons. The fourth-order valence-corrected chi connectivity index (χ4v) is 2.07. The Bertz CT molecular complexity index is 650. The Labute approximate surface area is 139 Å². The number of alkyl carbamates (subject to hydrolysis) is 1. The van der Waals surface area contributed by atoms with Crippen molar-refractivity contribution in [1.29, 1.82) is 0 Å². The van der Waals surface area contributed by atoms with E-state index in [1.54, 1.807) is 0 Å². The van der Waals surface area contributed by atoms with E-state index >= 15 is 0 Å². The summed E-state index contributed by atoms with van der Waals surface area (Å²) >= 11 is 0. The second-order valence-electron chi connectivity index (χ2n) is 5.20. The van der Waals surface area contributed by atoms with Crippen molar-refractivity contribution >= 4 is 6.09 Å². The summed E-state index contributed by atoms with van der Waals surface area (Å²) < 4.78 is 5.03. The van der Waals surface area contributed by atoms with Gasteiger partial charge < -0.3 is 25.4 Å². The molecule has 0 fully saturated rings. The lowest BCUT2D eigenvalue weighted by atomic mass is 10.1. The second kappa shape index (κ2) is 8.85. The van der Waals surface area contributed by atoms with Crippen molar-refractivity contribution < 1.29 is 24.9 Å². The molecule has 24 heavy (non-hydrogen) atoms. The van der Waals surface area contributed by atoms with Gasteiger partial charge in [-0.3, -0.25) is 4.98 Å². The highest BCUT2D eigenvalue weighted by atomic mass is 16.5. The number of aromatic hydroxyl groups is 1. The van der Waals surface area contributed by atoms with Crippen LogP contribution in [0.4, 0.5) is 4.79 Å². The summed E-state index contributed by atoms with van der Waals surface area (Å²) in [4.78, 5) is 15.4. The highest BCUT2D eigenvalue weighted by Crippen LogP contribution is 2.24. The van der Waals surface area contributed by atoms with Gasteiger partial charge >= 0.3 is 6.09 Å². The van der Waals surface area contributed by atoms with Gasteiger partial charge in [-0.1, -0.05) is 30.3 Å². The summed E-state index contributed by atoms with van der Waals surface area (Å²) in [6, 6.07) is 12.1. The van der Waals surface area contributed by atoms with Crippen molar-refractivity contribution in [1.82, 2.24) is 10.3 Å². The number of hydrogen-bond acceptors (Lipinski definition) is 6. The Balaban J connectivity index is 1.71. The van der Waals surface area contributed by atoms with Crippen LogP contribution in [0, 0.1) is 0 Å². The number of carbonyl (C=O) groups is 1. The maximum atomic E-state index is 11.6. The van der Waals surface area contributed by atoms with E-state index in [1.807, 2.05) is 30.3 Å². The van der Waals surface area contributed by atoms with E-state index in [0.717, 1.165) is 5.56 Å². The van der Waals surface area contributed by atoms with E-state index in [4.69, 9.17) is 4.74 Å². The van der Waals surface area contributed by atoms with Crippen molar-refractivity contribution in [3.05, 3.63) is 59.9 Å². The number of benzene rings is 1. The average Bonchev–Trinajstić information content (AvgIpc) is 2.60. The number of hydrogen-bond donors (Lipinski definition) is 4. The molecule has 0 aliphatic rings. The van der Waals surface area contributed by atoms with Crippen LogP contribution in [-0.2, 0) is 11.3 Å². The number of pyridine rings is 1. The van der Waals surface area contributed by atoms with Gasteiger partial charge in [0, 0.05) is 12.7 Å². The van der Waals surface area contributed by atoms with Crippen LogP contribution in [0.2, 0.25) is 0 Å². The van der Waals surface area contributed by atoms with Crippen LogP contribution >= 0.6 is 0 Å². The number of carbonyl (C=O) groups excluding carboxylic acids is 1. The highest BCUT2D eigenvalue weighted by molar-refractivity contribution is 5.67. The lowest BCUT2D eigenvalue weighted by Crippen LogP contribution is -2.30. The van der Waals surface area contributed by atoms with Crippen LogP contribution in [0.1, 0.15) is 23.8 Å². The minimum Gasteiger partial charge on any atom is -0.506 e. The summed E-state index contributed by atoms with van der Waals surface area (Å²) in [6.45, 7) is 0.263. The number of amides is 1. The fourth-order valence-electron chi connectivity index (χ4n) is 2.07. The lowest BCUT2D eigenvalue weighted by molar-refractivity contribution is 0.00974. The van der Waals surface area contributed by atoms with Gasteiger partial charge in [-0.15, -0.1) is 0 Å². The Morgan fingerprint density at radius 1 is 1.17 bits per heavy atom. The van der Waals surface area contributed by atoms with E-state index in [9.17, 15) is 20.1 Å². The number of rotatable bonds is 7. The molecule has 1 amide bonds. The monoisotopic (exact) mass is 332 g/mol. The maximum Gasteiger partial charge on any atom is 0.407 e. The Morgan fingerprint density at radius 2 is 1.92 bits per heavy atom. The molecule has 7 heteroatoms. The Morgan fingerprint density at radius 3 is 2.62 bits per heavy atom. The molecule has 2 aromatic rings. The molecule has 0 bridgehead atoms. The molecule has 0 aliphatic heterocycles. The predicted molar refractivity (Wildman–Crippen MR) is 86.1 cm³/mol. The van der Waals surface area contributed by atoms with E-state index in [-0.39, 0.29) is 31.0 Å². The number of aliphatic hydroxyl groups is 2. The van der Waals surface area contributed by atoms with Crippen molar-refractivity contribution in [3.8, 4) is 5.75 Å². The zero-order chi connectivity index (χ0) is 17.4. The van der Waals surface area contributed by atoms with Crippen LogP contribution in [0.5, 0.6) is 5.75 Å². The van der Waals surface area contributed by atoms with Gasteiger partial charge in [0.1, 0.15) is 24.2 Å². The number of nitrogens with one attached hydrogen (secondary N) is 1. The molecule has 128 valence electrons. The van der Waals surface area contributed by atoms with Gasteiger partial charge in [0.25, 0.3) is 0 Å². The molecule has 2 rings (SSSR count). The van der Waals surface area contributed by atoms with Gasteiger partial charge in [0.05, 0.1) is 6.10 Å². The molecule has 7 nitrogen and oxygen atoms in total. The maximum absolute atomic E-state index is 11.6. The molecule has 0 spiro atoms. The zero-order valence-electron chi connectivity index (χ0n) is 13.0. The van der Waals surface area contributed by atoms with Crippen LogP contribution in [0.15, 0.2) is 48.7 Å². The van der Waals surface area contributed by atoms with E-state index in [1.165, 1.54) is 18.3 Å². The third-order valence-electron chi connectivity index (χ3n) is 3.38. The minimum absolute atomic E-state index is 0.00310. The lowest BCUT2D eigenvalue weighted by Gasteiger charge is -2.18. The molecule has 1 aromatic carbocycles. The van der Waals surface area contributed by atoms with Crippen molar-refractivity contribution in [2.75, 3.05) is 6.54 Å². The summed E-state index contributed by atoms with van der Waals surface area (Å²) in [5, 5.41) is 32.0. The number of nitrogens with zero attached hydrogens (tertiary/aromatic N) is 1. The standard InChI is InChI=1S/C17H20N2O5/c20-13-7-4-9-18-15(13)16(22)14(21)8-10-19-17(23)24-11-12-5-2-1-3-6-12/h1-7,9,14,16,20-22H,8,10-11H2,(H,19,23). The van der Waals surface area contributed by atoms with Crippen LogP contribution in [0.25, 0.3) is 0 Å². The molecule has 1 aromatic heterocycles. The van der Waals surface area contributed by atoms with Gasteiger partial charge in [-0.05, 0) is 24.1 Å². The van der Waals surface area contributed by atoms with Gasteiger partial charge in [0.15, 0.2) is 0 Å². The summed E-state index contributed by atoms with van der Waals surface area (Å²) in [5.74, 6) is -0.195. The minimum atomic E-state index is -1.34. The summed E-state index contributed by atoms with van der Waals surface area (Å²) in [5.41, 5.74) is 0.866. The highest BCUT2D eigenvalue weighted by Gasteiger charge is 2.22. The third kappa shape index (κ3) is 5.22. The molecule has 2 unspecified atom stereocenters. The van der Waals surface area contributed by atoms with E-state index in [2.05, 4.69) is 10.3 Å². The molecule has 2 atom stereocenters. The summed E-state index contributed by atoms with van der Waals surface area (Å²) in [7, 11) is 0. The van der Waals surface area contributed by atoms with Gasteiger partial charge in [-0.2, -0.15) is 0 Å². The number of aliphatic hydroxyl groups excluding tert-OH is 2. The SMILES string of the molecule is O=C(NCCC(O)C(O)c1ncccc1O)OCc1ccccc1. The first-order chi connectivity index (χ1) is 11.6. The smallest absolute Gasteiger partial charge is 0.407 e. The van der Waals surface area contributed by atoms with Crippen LogP contribution < -0.4 is 5.32 Å². The first kappa shape index (κ1) is 17.7. The molecular formula is C17H20N2O5. The van der Waals surface area contributed by atoms with Crippen LogP contribution in [-0.4, -0.2) is 39.0 Å². The Kier molecular flexibility index (Phi) is 6.53. The molecule has 4 N–H and O–H groups in total. The number of aromatic nitrogens is 1. The fraction of sp³-hybridized carbons (Fsp3) is 0.294. The summed E-state index contributed by atoms with van der Waals surface area (Å²) in [6.07, 6.45) is -1.64. The van der Waals surface area contributed by atoms with Crippen molar-refractivity contribution in [3.63, 3.8) is 0 Å². The first-order valence-corrected chi connectivity index (χ1v) is 7.52. The molecule has 0 saturated heterocycles. The molecule has 1 heterocycles. The van der Waals surface area contributed by atoms with Crippen molar-refractivity contribution in [2.45, 2.75) is 25.2 Å². The quantitative estimate of drug-likeness (QED) is 0.611. The second-order valence-corrected chi connectivity index (χ2v) is 5.20. The normalized spacial score (nSPS) is 13.1. The van der Waals surface area contributed by atoms with Crippen molar-refractivity contribution in [2.24, 2.45) is 0 Å².